The van der Waals surface area contributed by atoms with Gasteiger partial charge >= 0.3 is 11.8 Å². The van der Waals surface area contributed by atoms with E-state index in [9.17, 15) is 39.6 Å². The number of carbonyl (C=O) groups excluding carboxylic acids is 2. The van der Waals surface area contributed by atoms with Gasteiger partial charge in [0, 0.05) is 25.9 Å². The molecule has 3 rings (SSSR count). The number of hydrogen-bond acceptors (Lipinski definition) is 12. The number of ether oxygens (including phenoxy) is 4. The monoisotopic (exact) mass is 546 g/mol. The van der Waals surface area contributed by atoms with Crippen LogP contribution >= 0.6 is 0 Å². The molecule has 9 atom stereocenters. The number of alkyl carbamates (subject to hydrolysis) is 1. The number of nitrogens with one attached hydrogen (secondary N) is 3. The van der Waals surface area contributed by atoms with Gasteiger partial charge < -0.3 is 50.0 Å². The van der Waals surface area contributed by atoms with Gasteiger partial charge in [-0.2, -0.15) is 0 Å². The lowest BCUT2D eigenvalue weighted by Crippen LogP contribution is -2.46. The predicted molar refractivity (Wildman–Crippen MR) is 126 cm³/mol. The number of carbonyl (C=O) groups is 2. The highest BCUT2D eigenvalue weighted by Gasteiger charge is 2.51. The van der Waals surface area contributed by atoms with Gasteiger partial charge in [-0.1, -0.05) is 0 Å². The summed E-state index contributed by atoms with van der Waals surface area (Å²) in [5.74, 6) is -0.555. The van der Waals surface area contributed by atoms with Crippen molar-refractivity contribution in [1.82, 2.24) is 20.2 Å². The minimum atomic E-state index is -1.67. The molecule has 8 unspecified atom stereocenters. The third-order valence-electron chi connectivity index (χ3n) is 5.91. The summed E-state index contributed by atoms with van der Waals surface area (Å²) < 4.78 is 23.0. The van der Waals surface area contributed by atoms with Crippen LogP contribution in [0.15, 0.2) is 21.9 Å². The number of nitrogens with zero attached hydrogens (tertiary/aromatic N) is 1. The Hall–Kier alpha value is -2.86. The summed E-state index contributed by atoms with van der Waals surface area (Å²) in [6.07, 6.45) is -13.4. The molecular weight excluding hydrogens is 512 g/mol. The van der Waals surface area contributed by atoms with E-state index in [1.807, 2.05) is 4.98 Å². The molecule has 214 valence electrons. The van der Waals surface area contributed by atoms with E-state index in [2.05, 4.69) is 10.6 Å². The highest BCUT2D eigenvalue weighted by atomic mass is 16.7. The molecule has 2 fully saturated rings. The minimum Gasteiger partial charge on any atom is -0.444 e. The van der Waals surface area contributed by atoms with Gasteiger partial charge in [0.25, 0.3) is 5.56 Å². The van der Waals surface area contributed by atoms with Crippen molar-refractivity contribution >= 4 is 12.0 Å². The Bertz CT molecular complexity index is 1100. The van der Waals surface area contributed by atoms with E-state index in [1.54, 1.807) is 20.8 Å². The van der Waals surface area contributed by atoms with Gasteiger partial charge in [0.05, 0.1) is 12.5 Å². The lowest BCUT2D eigenvalue weighted by Gasteiger charge is -2.29. The Morgan fingerprint density at radius 3 is 2.39 bits per heavy atom. The second-order valence-corrected chi connectivity index (χ2v) is 9.95. The van der Waals surface area contributed by atoms with Crippen molar-refractivity contribution in [2.75, 3.05) is 13.6 Å². The number of H-pyrrole nitrogens is 1. The Balaban J connectivity index is 1.74. The maximum absolute atomic E-state index is 12.2. The summed E-state index contributed by atoms with van der Waals surface area (Å²) in [6, 6.07) is 1.02. The fraction of sp³-hybridized carbons (Fsp3) is 0.727. The maximum Gasteiger partial charge on any atom is 0.407 e. The van der Waals surface area contributed by atoms with Crippen LogP contribution < -0.4 is 21.9 Å². The van der Waals surface area contributed by atoms with Gasteiger partial charge in [0.1, 0.15) is 42.2 Å². The molecule has 0 saturated carbocycles. The molecule has 38 heavy (non-hydrogen) atoms. The van der Waals surface area contributed by atoms with Crippen LogP contribution in [0.4, 0.5) is 4.79 Å². The van der Waals surface area contributed by atoms with Crippen LogP contribution in [0.5, 0.6) is 0 Å². The quantitative estimate of drug-likeness (QED) is 0.170. The molecule has 0 bridgehead atoms. The molecule has 16 heteroatoms. The Morgan fingerprint density at radius 1 is 1.11 bits per heavy atom. The first-order valence-electron chi connectivity index (χ1n) is 11.9. The summed E-state index contributed by atoms with van der Waals surface area (Å²) >= 11 is 0. The molecule has 2 aliphatic heterocycles. The lowest BCUT2D eigenvalue weighted by atomic mass is 10.0. The highest BCUT2D eigenvalue weighted by molar-refractivity contribution is 5.76. The number of aromatic amines is 1. The van der Waals surface area contributed by atoms with Crippen molar-refractivity contribution < 1.29 is 49.0 Å². The van der Waals surface area contributed by atoms with E-state index in [4.69, 9.17) is 18.9 Å². The van der Waals surface area contributed by atoms with Crippen molar-refractivity contribution in [3.63, 3.8) is 0 Å². The standard InChI is InChI=1S/C22H34N4O12/c1-22(2,3)38-21(34)24-8-10-13(29)16(32)19(36-10)35-9(7-12(28)23-4)17-14(30)15(31)18(37-17)26-6-5-11(27)25-20(26)33/h5-6,9-10,13-19,29-32H,7-8H2,1-4H3,(H,23,28)(H,24,34)(H,25,27,33)/t9-,10?,13?,14?,15?,16?,17?,18?,19?/m0/s1. The number of aliphatic hydroxyl groups is 4. The minimum absolute atomic E-state index is 0.244. The van der Waals surface area contributed by atoms with Crippen LogP contribution in [0.25, 0.3) is 0 Å². The molecule has 7 N–H and O–H groups in total. The lowest BCUT2D eigenvalue weighted by molar-refractivity contribution is -0.221. The molecule has 0 aliphatic carbocycles. The van der Waals surface area contributed by atoms with Gasteiger partial charge in [-0.15, -0.1) is 0 Å². The topological polar surface area (TPSA) is 231 Å². The second kappa shape index (κ2) is 11.9. The SMILES string of the molecule is CNC(=O)C[C@H](OC1OC(CNC(=O)OC(C)(C)C)C(O)C1O)C1OC(n2ccc(=O)[nH]c2=O)C(O)C1O. The van der Waals surface area contributed by atoms with E-state index >= 15 is 0 Å². The van der Waals surface area contributed by atoms with E-state index in [0.717, 1.165) is 16.8 Å². The zero-order chi connectivity index (χ0) is 28.4. The third-order valence-corrected chi connectivity index (χ3v) is 5.91. The molecule has 0 aromatic carbocycles. The van der Waals surface area contributed by atoms with Gasteiger partial charge in [-0.05, 0) is 20.8 Å². The van der Waals surface area contributed by atoms with Crippen LogP contribution in [0.2, 0.25) is 0 Å². The normalized spacial score (nSPS) is 32.1. The fourth-order valence-corrected chi connectivity index (χ4v) is 4.04. The van der Waals surface area contributed by atoms with Crippen LogP contribution in [0.3, 0.4) is 0 Å². The molecular formula is C22H34N4O12. The Morgan fingerprint density at radius 2 is 1.79 bits per heavy atom. The fourth-order valence-electron chi connectivity index (χ4n) is 4.04. The van der Waals surface area contributed by atoms with Crippen LogP contribution in [0, 0.1) is 0 Å². The zero-order valence-corrected chi connectivity index (χ0v) is 21.3. The zero-order valence-electron chi connectivity index (χ0n) is 21.3. The first kappa shape index (κ1) is 29.7. The largest absolute Gasteiger partial charge is 0.444 e. The first-order chi connectivity index (χ1) is 17.7. The summed E-state index contributed by atoms with van der Waals surface area (Å²) in [7, 11) is 1.35. The second-order valence-electron chi connectivity index (χ2n) is 9.95. The van der Waals surface area contributed by atoms with Gasteiger partial charge in [-0.25, -0.2) is 9.59 Å². The smallest absolute Gasteiger partial charge is 0.407 e. The molecule has 1 aromatic rings. The average Bonchev–Trinajstić information content (AvgIpc) is 3.26. The van der Waals surface area contributed by atoms with E-state index in [0.29, 0.717) is 0 Å². The van der Waals surface area contributed by atoms with Gasteiger partial charge in [-0.3, -0.25) is 19.1 Å². The van der Waals surface area contributed by atoms with Crippen LogP contribution in [-0.2, 0) is 23.7 Å². The summed E-state index contributed by atoms with van der Waals surface area (Å²) in [5.41, 5.74) is -2.35. The molecule has 2 saturated heterocycles. The van der Waals surface area contributed by atoms with E-state index < -0.39 is 90.5 Å². The van der Waals surface area contributed by atoms with Crippen LogP contribution in [0.1, 0.15) is 33.4 Å². The van der Waals surface area contributed by atoms with Crippen molar-refractivity contribution in [2.24, 2.45) is 0 Å². The number of aliphatic hydroxyl groups excluding tert-OH is 4. The van der Waals surface area contributed by atoms with Crippen molar-refractivity contribution in [3.05, 3.63) is 33.1 Å². The van der Waals surface area contributed by atoms with Crippen molar-refractivity contribution in [2.45, 2.75) is 88.0 Å². The number of rotatable bonds is 8. The molecule has 16 nitrogen and oxygen atoms in total. The summed E-state index contributed by atoms with van der Waals surface area (Å²) in [6.45, 7) is 4.76. The molecule has 3 heterocycles. The first-order valence-corrected chi connectivity index (χ1v) is 11.9. The molecule has 0 radical (unpaired) electrons. The van der Waals surface area contributed by atoms with Gasteiger partial charge in [0.2, 0.25) is 5.91 Å². The highest BCUT2D eigenvalue weighted by Crippen LogP contribution is 2.34. The maximum atomic E-state index is 12.2. The average molecular weight is 547 g/mol. The number of aromatic nitrogens is 2. The molecule has 0 spiro atoms. The molecule has 2 amide bonds. The van der Waals surface area contributed by atoms with E-state index in [1.165, 1.54) is 7.05 Å². The Kier molecular flexibility index (Phi) is 9.30. The Labute approximate surface area is 216 Å². The van der Waals surface area contributed by atoms with Crippen molar-refractivity contribution in [3.8, 4) is 0 Å². The summed E-state index contributed by atoms with van der Waals surface area (Å²) in [5, 5.41) is 46.9. The number of amides is 2. The number of hydrogen-bond donors (Lipinski definition) is 7. The van der Waals surface area contributed by atoms with Crippen molar-refractivity contribution in [1.29, 1.82) is 0 Å². The molecule has 1 aromatic heterocycles. The predicted octanol–water partition coefficient (Wildman–Crippen LogP) is -3.35. The third kappa shape index (κ3) is 6.96. The van der Waals surface area contributed by atoms with Crippen LogP contribution in [-0.4, -0.2) is 110 Å². The molecule has 2 aliphatic rings. The summed E-state index contributed by atoms with van der Waals surface area (Å²) in [4.78, 5) is 49.7. The van der Waals surface area contributed by atoms with Gasteiger partial charge in [0.15, 0.2) is 12.5 Å². The van der Waals surface area contributed by atoms with E-state index in [-0.39, 0.29) is 6.54 Å².